The zero-order chi connectivity index (χ0) is 27.6. The minimum atomic E-state index is -0.690. The molecule has 196 valence electrons. The second-order valence-electron chi connectivity index (χ2n) is 8.36. The van der Waals surface area contributed by atoms with E-state index in [0.717, 1.165) is 11.1 Å². The highest BCUT2D eigenvalue weighted by Gasteiger charge is 2.16. The third-order valence-electron chi connectivity index (χ3n) is 5.49. The first-order chi connectivity index (χ1) is 18.9. The van der Waals surface area contributed by atoms with Crippen LogP contribution in [0.15, 0.2) is 103 Å². The molecule has 0 spiro atoms. The van der Waals surface area contributed by atoms with Gasteiger partial charge in [-0.2, -0.15) is 0 Å². The molecule has 0 aromatic heterocycles. The maximum atomic E-state index is 12.9. The largest absolute Gasteiger partial charge is 0.489 e. The smallest absolute Gasteiger partial charge is 0.331 e. The Kier molecular flexibility index (Phi) is 9.51. The first-order valence-electron chi connectivity index (χ1n) is 11.9. The van der Waals surface area contributed by atoms with Crippen molar-refractivity contribution < 1.29 is 23.9 Å². The number of rotatable bonds is 10. The van der Waals surface area contributed by atoms with Crippen LogP contribution in [0.25, 0.3) is 6.08 Å². The van der Waals surface area contributed by atoms with Crippen LogP contribution < -0.4 is 10.1 Å². The van der Waals surface area contributed by atoms with Gasteiger partial charge in [-0.15, -0.1) is 0 Å². The van der Waals surface area contributed by atoms with Gasteiger partial charge in [-0.25, -0.2) is 4.79 Å². The number of carbonyl (C=O) groups is 3. The van der Waals surface area contributed by atoms with Crippen molar-refractivity contribution in [2.75, 3.05) is 11.9 Å². The highest BCUT2D eigenvalue weighted by atomic mass is 35.5. The molecule has 0 fully saturated rings. The lowest BCUT2D eigenvalue weighted by Gasteiger charge is -2.11. The minimum absolute atomic E-state index is 0.230. The Morgan fingerprint density at radius 3 is 2.21 bits per heavy atom. The number of benzene rings is 4. The van der Waals surface area contributed by atoms with Gasteiger partial charge in [0.05, 0.1) is 5.69 Å². The standard InChI is InChI=1S/C31H23Cl2NO5/c32-24-11-6-22(7-12-24)19-38-26-14-8-21(9-15-26)10-17-30(36)39-20-29(35)34-28-16-13-25(33)18-27(28)31(37)23-4-2-1-3-5-23/h1-18H,19-20H2,(H,34,35)/b17-10+. The second kappa shape index (κ2) is 13.4. The Balaban J connectivity index is 1.27. The zero-order valence-electron chi connectivity index (χ0n) is 20.6. The molecule has 4 rings (SSSR count). The van der Waals surface area contributed by atoms with Crippen molar-refractivity contribution in [3.05, 3.63) is 135 Å². The molecular weight excluding hydrogens is 537 g/mol. The number of esters is 1. The van der Waals surface area contributed by atoms with E-state index in [2.05, 4.69) is 5.32 Å². The van der Waals surface area contributed by atoms with Gasteiger partial charge in [0.2, 0.25) is 0 Å². The van der Waals surface area contributed by atoms with Gasteiger partial charge in [0.25, 0.3) is 5.91 Å². The maximum Gasteiger partial charge on any atom is 0.331 e. The highest BCUT2D eigenvalue weighted by Crippen LogP contribution is 2.24. The van der Waals surface area contributed by atoms with E-state index in [1.54, 1.807) is 78.9 Å². The number of hydrogen-bond donors (Lipinski definition) is 1. The van der Waals surface area contributed by atoms with Crippen LogP contribution in [0.3, 0.4) is 0 Å². The van der Waals surface area contributed by atoms with Gasteiger partial charge >= 0.3 is 5.97 Å². The molecule has 8 heteroatoms. The van der Waals surface area contributed by atoms with E-state index in [9.17, 15) is 14.4 Å². The number of anilines is 1. The fraction of sp³-hybridized carbons (Fsp3) is 0.0645. The van der Waals surface area contributed by atoms with Crippen LogP contribution in [0.1, 0.15) is 27.0 Å². The average Bonchev–Trinajstić information content (AvgIpc) is 2.96. The van der Waals surface area contributed by atoms with Crippen LogP contribution in [-0.4, -0.2) is 24.3 Å². The monoisotopic (exact) mass is 559 g/mol. The van der Waals surface area contributed by atoms with Crippen molar-refractivity contribution in [3.8, 4) is 5.75 Å². The molecular formula is C31H23Cl2NO5. The Morgan fingerprint density at radius 2 is 1.49 bits per heavy atom. The van der Waals surface area contributed by atoms with Crippen molar-refractivity contribution in [2.24, 2.45) is 0 Å². The summed E-state index contributed by atoms with van der Waals surface area (Å²) >= 11 is 12.0. The predicted octanol–water partition coefficient (Wildman–Crippen LogP) is 7.00. The van der Waals surface area contributed by atoms with E-state index in [0.29, 0.717) is 28.0 Å². The van der Waals surface area contributed by atoms with Crippen LogP contribution in [0, 0.1) is 0 Å². The molecule has 1 amide bonds. The SMILES string of the molecule is O=C(COC(=O)/C=C/c1ccc(OCc2ccc(Cl)cc2)cc1)Nc1ccc(Cl)cc1C(=O)c1ccccc1. The molecule has 4 aromatic carbocycles. The number of ketones is 1. The van der Waals surface area contributed by atoms with Gasteiger partial charge in [0, 0.05) is 27.2 Å². The van der Waals surface area contributed by atoms with E-state index in [1.807, 2.05) is 12.1 Å². The molecule has 4 aromatic rings. The van der Waals surface area contributed by atoms with Crippen LogP contribution in [0.5, 0.6) is 5.75 Å². The molecule has 0 aliphatic heterocycles. The molecule has 1 N–H and O–H groups in total. The predicted molar refractivity (Wildman–Crippen MR) is 152 cm³/mol. The van der Waals surface area contributed by atoms with Gasteiger partial charge in [0.1, 0.15) is 12.4 Å². The molecule has 0 radical (unpaired) electrons. The maximum absolute atomic E-state index is 12.9. The summed E-state index contributed by atoms with van der Waals surface area (Å²) in [4.78, 5) is 37.5. The highest BCUT2D eigenvalue weighted by molar-refractivity contribution is 6.31. The number of carbonyl (C=O) groups excluding carboxylic acids is 3. The fourth-order valence-corrected chi connectivity index (χ4v) is 3.81. The quantitative estimate of drug-likeness (QED) is 0.128. The van der Waals surface area contributed by atoms with E-state index in [-0.39, 0.29) is 17.0 Å². The van der Waals surface area contributed by atoms with E-state index >= 15 is 0 Å². The molecule has 0 atom stereocenters. The van der Waals surface area contributed by atoms with Crippen molar-refractivity contribution >= 4 is 52.6 Å². The number of amides is 1. The minimum Gasteiger partial charge on any atom is -0.489 e. The lowest BCUT2D eigenvalue weighted by atomic mass is 10.0. The molecule has 0 heterocycles. The van der Waals surface area contributed by atoms with Gasteiger partial charge < -0.3 is 14.8 Å². The summed E-state index contributed by atoms with van der Waals surface area (Å²) in [6, 6.07) is 27.7. The Bertz CT molecular complexity index is 1480. The summed E-state index contributed by atoms with van der Waals surface area (Å²) in [5.41, 5.74) is 2.69. The first kappa shape index (κ1) is 27.6. The van der Waals surface area contributed by atoms with E-state index in [4.69, 9.17) is 32.7 Å². The summed E-state index contributed by atoms with van der Waals surface area (Å²) < 4.78 is 10.8. The molecule has 0 unspecified atom stereocenters. The number of halogens is 2. The summed E-state index contributed by atoms with van der Waals surface area (Å²) in [5, 5.41) is 3.63. The van der Waals surface area contributed by atoms with Crippen LogP contribution in [0.2, 0.25) is 10.0 Å². The van der Waals surface area contributed by atoms with Crippen molar-refractivity contribution in [1.82, 2.24) is 0 Å². The van der Waals surface area contributed by atoms with Crippen molar-refractivity contribution in [1.29, 1.82) is 0 Å². The molecule has 0 bridgehead atoms. The lowest BCUT2D eigenvalue weighted by Crippen LogP contribution is -2.21. The molecule has 6 nitrogen and oxygen atoms in total. The van der Waals surface area contributed by atoms with Gasteiger partial charge in [0.15, 0.2) is 12.4 Å². The molecule has 0 saturated heterocycles. The van der Waals surface area contributed by atoms with E-state index in [1.165, 1.54) is 18.2 Å². The zero-order valence-corrected chi connectivity index (χ0v) is 22.1. The summed E-state index contributed by atoms with van der Waals surface area (Å²) in [6.07, 6.45) is 2.79. The van der Waals surface area contributed by atoms with Gasteiger partial charge in [-0.3, -0.25) is 9.59 Å². The first-order valence-corrected chi connectivity index (χ1v) is 12.6. The topological polar surface area (TPSA) is 81.7 Å². The fourth-order valence-electron chi connectivity index (χ4n) is 3.52. The number of nitrogens with one attached hydrogen (secondary N) is 1. The third kappa shape index (κ3) is 8.30. The molecule has 0 aliphatic rings. The van der Waals surface area contributed by atoms with Crippen LogP contribution >= 0.6 is 23.2 Å². The Hall–Kier alpha value is -4.39. The number of hydrogen-bond acceptors (Lipinski definition) is 5. The van der Waals surface area contributed by atoms with Crippen molar-refractivity contribution in [3.63, 3.8) is 0 Å². The summed E-state index contributed by atoms with van der Waals surface area (Å²) in [7, 11) is 0. The molecule has 39 heavy (non-hydrogen) atoms. The normalized spacial score (nSPS) is 10.7. The second-order valence-corrected chi connectivity index (χ2v) is 9.23. The summed E-state index contributed by atoms with van der Waals surface area (Å²) in [6.45, 7) is -0.124. The summed E-state index contributed by atoms with van der Waals surface area (Å²) in [5.74, 6) is -0.906. The van der Waals surface area contributed by atoms with Crippen molar-refractivity contribution in [2.45, 2.75) is 6.61 Å². The van der Waals surface area contributed by atoms with Gasteiger partial charge in [-0.05, 0) is 59.7 Å². The van der Waals surface area contributed by atoms with Gasteiger partial charge in [-0.1, -0.05) is 77.8 Å². The number of ether oxygens (including phenoxy) is 2. The Morgan fingerprint density at radius 1 is 0.795 bits per heavy atom. The van der Waals surface area contributed by atoms with Crippen LogP contribution in [-0.2, 0) is 20.9 Å². The molecule has 0 aliphatic carbocycles. The lowest BCUT2D eigenvalue weighted by molar-refractivity contribution is -0.142. The van der Waals surface area contributed by atoms with E-state index < -0.39 is 18.5 Å². The molecule has 0 saturated carbocycles. The average molecular weight is 560 g/mol. The van der Waals surface area contributed by atoms with Crippen LogP contribution in [0.4, 0.5) is 5.69 Å². The Labute approximate surface area is 235 Å². The third-order valence-corrected chi connectivity index (χ3v) is 5.98.